The zero-order valence-corrected chi connectivity index (χ0v) is 16.6. The molecule has 2 fully saturated rings. The van der Waals surface area contributed by atoms with Gasteiger partial charge >= 0.3 is 0 Å². The van der Waals surface area contributed by atoms with E-state index in [1.807, 2.05) is 11.8 Å². The zero-order valence-electron chi connectivity index (χ0n) is 14.1. The number of aromatic nitrogens is 1. The monoisotopic (exact) mass is 394 g/mol. The van der Waals surface area contributed by atoms with Crippen molar-refractivity contribution < 1.29 is 4.79 Å². The molecule has 24 heavy (non-hydrogen) atoms. The van der Waals surface area contributed by atoms with Gasteiger partial charge in [-0.3, -0.25) is 9.69 Å². The van der Waals surface area contributed by atoms with Crippen molar-refractivity contribution in [1.29, 1.82) is 0 Å². The Bertz CT molecular complexity index is 520. The molecule has 2 N–H and O–H groups in total. The first-order chi connectivity index (χ1) is 10.6. The van der Waals surface area contributed by atoms with Gasteiger partial charge in [0.15, 0.2) is 0 Å². The van der Waals surface area contributed by atoms with E-state index in [-0.39, 0.29) is 36.8 Å². The number of carbonyl (C=O) groups excluding carboxylic acids is 1. The second kappa shape index (κ2) is 9.92. The van der Waals surface area contributed by atoms with E-state index >= 15 is 0 Å². The number of likely N-dealkylation sites (tertiary alicyclic amines) is 2. The van der Waals surface area contributed by atoms with Crippen molar-refractivity contribution in [3.8, 4) is 0 Å². The number of nitrogens with two attached hydrogens (primary N) is 1. The summed E-state index contributed by atoms with van der Waals surface area (Å²) in [5, 5.41) is 3.27. The average Bonchev–Trinajstić information content (AvgIpc) is 2.92. The van der Waals surface area contributed by atoms with Crippen molar-refractivity contribution in [2.45, 2.75) is 45.2 Å². The number of amides is 1. The summed E-state index contributed by atoms with van der Waals surface area (Å²) in [7, 11) is 0. The van der Waals surface area contributed by atoms with Gasteiger partial charge in [-0.2, -0.15) is 0 Å². The lowest BCUT2D eigenvalue weighted by Crippen LogP contribution is -2.49. The van der Waals surface area contributed by atoms with E-state index in [2.05, 4.69) is 15.3 Å². The molecule has 0 radical (unpaired) electrons. The van der Waals surface area contributed by atoms with Gasteiger partial charge in [0.2, 0.25) is 5.91 Å². The molecule has 2 aliphatic heterocycles. The predicted octanol–water partition coefficient (Wildman–Crippen LogP) is 2.46. The first-order valence-electron chi connectivity index (χ1n) is 8.29. The van der Waals surface area contributed by atoms with Crippen LogP contribution >= 0.6 is 36.2 Å². The molecule has 138 valence electrons. The molecule has 8 heteroatoms. The molecule has 1 unspecified atom stereocenters. The molecule has 2 aliphatic rings. The maximum atomic E-state index is 12.6. The quantitative estimate of drug-likeness (QED) is 0.854. The molecule has 1 aromatic heterocycles. The van der Waals surface area contributed by atoms with Crippen LogP contribution in [0.4, 0.5) is 0 Å². The van der Waals surface area contributed by atoms with E-state index in [0.29, 0.717) is 5.91 Å². The number of halogens is 2. The molecule has 1 atom stereocenters. The summed E-state index contributed by atoms with van der Waals surface area (Å²) in [6, 6.07) is 0.172. The topological polar surface area (TPSA) is 62.5 Å². The smallest absolute Gasteiger partial charge is 0.225 e. The van der Waals surface area contributed by atoms with E-state index in [9.17, 15) is 4.79 Å². The van der Waals surface area contributed by atoms with Crippen molar-refractivity contribution in [3.05, 3.63) is 16.1 Å². The van der Waals surface area contributed by atoms with Crippen molar-refractivity contribution in [3.63, 3.8) is 0 Å². The molecule has 0 spiro atoms. The fourth-order valence-corrected chi connectivity index (χ4v) is 4.12. The lowest BCUT2D eigenvalue weighted by atomic mass is 9.94. The predicted molar refractivity (Wildman–Crippen MR) is 103 cm³/mol. The van der Waals surface area contributed by atoms with E-state index in [1.165, 1.54) is 0 Å². The fourth-order valence-electron chi connectivity index (χ4n) is 3.52. The summed E-state index contributed by atoms with van der Waals surface area (Å²) in [5.41, 5.74) is 7.16. The summed E-state index contributed by atoms with van der Waals surface area (Å²) in [4.78, 5) is 21.6. The van der Waals surface area contributed by atoms with Crippen LogP contribution in [0, 0.1) is 12.8 Å². The maximum absolute atomic E-state index is 12.6. The van der Waals surface area contributed by atoms with Gasteiger partial charge in [0, 0.05) is 37.0 Å². The molecule has 0 saturated carbocycles. The molecule has 3 heterocycles. The Morgan fingerprint density at radius 2 is 2.00 bits per heavy atom. The Balaban J connectivity index is 0.00000144. The zero-order chi connectivity index (χ0) is 15.5. The number of aryl methyl sites for hydroxylation is 1. The maximum Gasteiger partial charge on any atom is 0.225 e. The van der Waals surface area contributed by atoms with Crippen molar-refractivity contribution in [2.75, 3.05) is 26.2 Å². The summed E-state index contributed by atoms with van der Waals surface area (Å²) >= 11 is 1.71. The number of hydrogen-bond donors (Lipinski definition) is 1. The van der Waals surface area contributed by atoms with Crippen LogP contribution in [0.5, 0.6) is 0 Å². The Labute approximate surface area is 160 Å². The van der Waals surface area contributed by atoms with Crippen LogP contribution in [0.3, 0.4) is 0 Å². The first-order valence-corrected chi connectivity index (χ1v) is 9.17. The third-order valence-corrected chi connectivity index (χ3v) is 5.58. The summed E-state index contributed by atoms with van der Waals surface area (Å²) in [5.74, 6) is 0.526. The number of carbonyl (C=O) groups is 1. The number of thiazole rings is 1. The van der Waals surface area contributed by atoms with Gasteiger partial charge in [-0.05, 0) is 45.7 Å². The Morgan fingerprint density at radius 3 is 2.58 bits per heavy atom. The van der Waals surface area contributed by atoms with Gasteiger partial charge in [-0.15, -0.1) is 36.2 Å². The molecule has 0 bridgehead atoms. The number of nitrogens with zero attached hydrogens (tertiary/aromatic N) is 3. The van der Waals surface area contributed by atoms with E-state index in [1.54, 1.807) is 11.3 Å². The molecule has 1 aromatic rings. The SMILES string of the molecule is Cc1nc(CN2CCC(C(=O)N3CCCC(N)C3)CC2)cs1.Cl.Cl. The molecule has 0 aromatic carbocycles. The summed E-state index contributed by atoms with van der Waals surface area (Å²) < 4.78 is 0. The third kappa shape index (κ3) is 5.56. The largest absolute Gasteiger partial charge is 0.341 e. The molecule has 5 nitrogen and oxygen atoms in total. The molecular weight excluding hydrogens is 367 g/mol. The fraction of sp³-hybridized carbons (Fsp3) is 0.750. The average molecular weight is 395 g/mol. The van der Waals surface area contributed by atoms with Gasteiger partial charge < -0.3 is 10.6 Å². The van der Waals surface area contributed by atoms with E-state index < -0.39 is 0 Å². The third-order valence-electron chi connectivity index (χ3n) is 4.76. The standard InChI is InChI=1S/C16H26N4OS.2ClH/c1-12-18-15(11-22-12)10-19-7-4-13(5-8-19)16(21)20-6-2-3-14(17)9-20;;/h11,13-14H,2-10,17H2,1H3;2*1H. The van der Waals surface area contributed by atoms with Crippen LogP contribution in [0.1, 0.15) is 36.4 Å². The van der Waals surface area contributed by atoms with Crippen LogP contribution in [0.15, 0.2) is 5.38 Å². The highest BCUT2D eigenvalue weighted by molar-refractivity contribution is 7.09. The second-order valence-corrected chi connectivity index (χ2v) is 7.66. The van der Waals surface area contributed by atoms with Gasteiger partial charge in [0.25, 0.3) is 0 Å². The lowest BCUT2D eigenvalue weighted by Gasteiger charge is -2.36. The normalized spacial score (nSPS) is 22.6. The van der Waals surface area contributed by atoms with Crippen LogP contribution < -0.4 is 5.73 Å². The van der Waals surface area contributed by atoms with Gasteiger partial charge in [-0.25, -0.2) is 4.98 Å². The Hall–Kier alpha value is -0.400. The highest BCUT2D eigenvalue weighted by Gasteiger charge is 2.30. The number of rotatable bonds is 3. The van der Waals surface area contributed by atoms with Crippen molar-refractivity contribution in [2.24, 2.45) is 11.7 Å². The summed E-state index contributed by atoms with van der Waals surface area (Å²) in [6.07, 6.45) is 4.03. The molecule has 0 aliphatic carbocycles. The van der Waals surface area contributed by atoms with Gasteiger partial charge in [-0.1, -0.05) is 0 Å². The molecule has 2 saturated heterocycles. The first kappa shape index (κ1) is 21.6. The van der Waals surface area contributed by atoms with Gasteiger partial charge in [0.05, 0.1) is 10.7 Å². The molecule has 1 amide bonds. The molecular formula is C16H28Cl2N4OS. The Kier molecular flexibility index (Phi) is 8.95. The van der Waals surface area contributed by atoms with Crippen LogP contribution in [-0.4, -0.2) is 52.9 Å². The Morgan fingerprint density at radius 1 is 1.29 bits per heavy atom. The van der Waals surface area contributed by atoms with Gasteiger partial charge in [0.1, 0.15) is 0 Å². The van der Waals surface area contributed by atoms with E-state index in [4.69, 9.17) is 5.73 Å². The number of hydrogen-bond acceptors (Lipinski definition) is 5. The van der Waals surface area contributed by atoms with E-state index in [0.717, 1.165) is 69.1 Å². The minimum absolute atomic E-state index is 0. The van der Waals surface area contributed by atoms with Crippen LogP contribution in [0.2, 0.25) is 0 Å². The highest BCUT2D eigenvalue weighted by Crippen LogP contribution is 2.23. The minimum Gasteiger partial charge on any atom is -0.341 e. The highest BCUT2D eigenvalue weighted by atomic mass is 35.5. The summed E-state index contributed by atoms with van der Waals surface area (Å²) in [6.45, 7) is 6.59. The lowest BCUT2D eigenvalue weighted by molar-refractivity contribution is -0.138. The number of piperidine rings is 2. The minimum atomic E-state index is 0. The second-order valence-electron chi connectivity index (χ2n) is 6.59. The molecule has 3 rings (SSSR count). The van der Waals surface area contributed by atoms with Crippen molar-refractivity contribution >= 4 is 42.1 Å². The van der Waals surface area contributed by atoms with Crippen LogP contribution in [0.25, 0.3) is 0 Å². The van der Waals surface area contributed by atoms with Crippen LogP contribution in [-0.2, 0) is 11.3 Å². The van der Waals surface area contributed by atoms with Crippen molar-refractivity contribution in [1.82, 2.24) is 14.8 Å².